The fraction of sp³-hybridized carbons (Fsp3) is 0.300. The number of nitrogens with two attached hydrogens (primary N) is 1. The highest BCUT2D eigenvalue weighted by atomic mass is 16.6. The molecule has 1 rings (SSSR count). The normalized spacial score (nSPS) is 11.7. The molecule has 7 nitrogen and oxygen atoms in total. The highest BCUT2D eigenvalue weighted by Crippen LogP contribution is 2.28. The summed E-state index contributed by atoms with van der Waals surface area (Å²) in [5.41, 5.74) is 5.63. The Hall–Kier alpha value is -2.15. The van der Waals surface area contributed by atoms with Gasteiger partial charge in [0.15, 0.2) is 0 Å². The van der Waals surface area contributed by atoms with Gasteiger partial charge in [-0.3, -0.25) is 14.9 Å². The number of nitro groups is 1. The molecule has 3 N–H and O–H groups in total. The van der Waals surface area contributed by atoms with Crippen LogP contribution in [0.15, 0.2) is 18.2 Å². The van der Waals surface area contributed by atoms with Gasteiger partial charge in [0.1, 0.15) is 5.75 Å². The smallest absolute Gasteiger partial charge is 0.273 e. The molecule has 1 amide bonds. The van der Waals surface area contributed by atoms with E-state index in [1.54, 1.807) is 0 Å². The summed E-state index contributed by atoms with van der Waals surface area (Å²) in [6.45, 7) is 1.53. The number of carbonyl (C=O) groups excluding carboxylic acids is 1. The Morgan fingerprint density at radius 2 is 2.24 bits per heavy atom. The van der Waals surface area contributed by atoms with Gasteiger partial charge in [-0.25, -0.2) is 0 Å². The lowest BCUT2D eigenvalue weighted by atomic mass is 10.2. The number of methoxy groups -OCH3 is 1. The van der Waals surface area contributed by atoms with E-state index in [1.807, 2.05) is 0 Å². The summed E-state index contributed by atoms with van der Waals surface area (Å²) >= 11 is 0. The molecule has 1 atom stereocenters. The predicted octanol–water partition coefficient (Wildman–Crippen LogP) is 0.889. The lowest BCUT2D eigenvalue weighted by Crippen LogP contribution is -2.32. The summed E-state index contributed by atoms with van der Waals surface area (Å²) < 4.78 is 4.96. The van der Waals surface area contributed by atoms with Gasteiger partial charge >= 0.3 is 0 Å². The fourth-order valence-electron chi connectivity index (χ4n) is 1.14. The molecule has 0 heterocycles. The van der Waals surface area contributed by atoms with Crippen molar-refractivity contribution in [2.24, 2.45) is 5.73 Å². The molecule has 0 saturated carbocycles. The van der Waals surface area contributed by atoms with Crippen molar-refractivity contribution in [1.29, 1.82) is 0 Å². The summed E-state index contributed by atoms with van der Waals surface area (Å²) in [6, 6.07) is 3.24. The van der Waals surface area contributed by atoms with Crippen molar-refractivity contribution in [3.8, 4) is 5.75 Å². The zero-order chi connectivity index (χ0) is 13.0. The van der Waals surface area contributed by atoms with Crippen LogP contribution < -0.4 is 15.8 Å². The number of ether oxygens (including phenoxy) is 1. The van der Waals surface area contributed by atoms with E-state index in [4.69, 9.17) is 10.5 Å². The first kappa shape index (κ1) is 12.9. The van der Waals surface area contributed by atoms with Gasteiger partial charge in [0.05, 0.1) is 29.8 Å². The Kier molecular flexibility index (Phi) is 4.00. The maximum atomic E-state index is 11.4. The zero-order valence-electron chi connectivity index (χ0n) is 9.47. The molecule has 0 unspecified atom stereocenters. The van der Waals surface area contributed by atoms with Crippen molar-refractivity contribution in [2.45, 2.75) is 13.0 Å². The van der Waals surface area contributed by atoms with Crippen molar-refractivity contribution >= 4 is 17.3 Å². The second kappa shape index (κ2) is 5.26. The number of hydrogen-bond acceptors (Lipinski definition) is 5. The topological polar surface area (TPSA) is 107 Å². The van der Waals surface area contributed by atoms with Crippen molar-refractivity contribution < 1.29 is 14.5 Å². The molecule has 0 aliphatic carbocycles. The lowest BCUT2D eigenvalue weighted by molar-refractivity contribution is -0.384. The number of nitrogens with one attached hydrogen (secondary N) is 1. The van der Waals surface area contributed by atoms with E-state index < -0.39 is 16.9 Å². The molecule has 0 aliphatic rings. The Morgan fingerprint density at radius 3 is 2.71 bits per heavy atom. The minimum absolute atomic E-state index is 0.111. The predicted molar refractivity (Wildman–Crippen MR) is 61.9 cm³/mol. The van der Waals surface area contributed by atoms with Crippen LogP contribution >= 0.6 is 0 Å². The third kappa shape index (κ3) is 3.15. The molecular formula is C10H13N3O4. The van der Waals surface area contributed by atoms with Gasteiger partial charge in [-0.15, -0.1) is 0 Å². The van der Waals surface area contributed by atoms with Crippen molar-refractivity contribution in [1.82, 2.24) is 0 Å². The Morgan fingerprint density at radius 1 is 1.59 bits per heavy atom. The third-order valence-electron chi connectivity index (χ3n) is 2.07. The van der Waals surface area contributed by atoms with Crippen LogP contribution in [0.4, 0.5) is 11.4 Å². The second-order valence-corrected chi connectivity index (χ2v) is 3.42. The van der Waals surface area contributed by atoms with E-state index in [-0.39, 0.29) is 11.4 Å². The molecule has 7 heteroatoms. The van der Waals surface area contributed by atoms with Gasteiger partial charge in [0.2, 0.25) is 5.91 Å². The highest BCUT2D eigenvalue weighted by molar-refractivity contribution is 5.95. The second-order valence-electron chi connectivity index (χ2n) is 3.42. The molecule has 0 radical (unpaired) electrons. The number of non-ortho nitro benzene ring substituents is 1. The van der Waals surface area contributed by atoms with Crippen LogP contribution in [-0.2, 0) is 4.79 Å². The van der Waals surface area contributed by atoms with E-state index in [9.17, 15) is 14.9 Å². The molecule has 0 aromatic heterocycles. The van der Waals surface area contributed by atoms with Gasteiger partial charge < -0.3 is 15.8 Å². The number of anilines is 1. The number of nitrogens with zero attached hydrogens (tertiary/aromatic N) is 1. The van der Waals surface area contributed by atoms with Gasteiger partial charge in [0.25, 0.3) is 5.69 Å². The molecule has 0 fully saturated rings. The first-order valence-corrected chi connectivity index (χ1v) is 4.84. The average Bonchev–Trinajstić information content (AvgIpc) is 2.28. The first-order chi connectivity index (χ1) is 7.95. The van der Waals surface area contributed by atoms with Crippen LogP contribution in [0.2, 0.25) is 0 Å². The lowest BCUT2D eigenvalue weighted by Gasteiger charge is -2.11. The standard InChI is InChI=1S/C10H13N3O4/c1-6(11)10(14)12-8-4-3-7(13(15)16)5-9(8)17-2/h3-6H,11H2,1-2H3,(H,12,14)/t6-/m1/s1. The summed E-state index contributed by atoms with van der Waals surface area (Å²) in [7, 11) is 1.36. The number of carbonyl (C=O) groups is 1. The maximum Gasteiger partial charge on any atom is 0.273 e. The average molecular weight is 239 g/mol. The highest BCUT2D eigenvalue weighted by Gasteiger charge is 2.14. The van der Waals surface area contributed by atoms with Crippen LogP contribution in [0.3, 0.4) is 0 Å². The van der Waals surface area contributed by atoms with Crippen molar-refractivity contribution in [2.75, 3.05) is 12.4 Å². The minimum atomic E-state index is -0.671. The molecule has 0 aliphatic heterocycles. The zero-order valence-corrected chi connectivity index (χ0v) is 9.47. The monoisotopic (exact) mass is 239 g/mol. The van der Waals surface area contributed by atoms with Crippen LogP contribution in [0.25, 0.3) is 0 Å². The summed E-state index contributed by atoms with van der Waals surface area (Å²) in [6.07, 6.45) is 0. The summed E-state index contributed by atoms with van der Waals surface area (Å²) in [5, 5.41) is 13.1. The molecule has 1 aromatic carbocycles. The van der Waals surface area contributed by atoms with E-state index in [1.165, 1.54) is 32.2 Å². The molecule has 17 heavy (non-hydrogen) atoms. The minimum Gasteiger partial charge on any atom is -0.494 e. The van der Waals surface area contributed by atoms with Crippen molar-refractivity contribution in [3.05, 3.63) is 28.3 Å². The maximum absolute atomic E-state index is 11.4. The van der Waals surface area contributed by atoms with E-state index in [0.29, 0.717) is 5.69 Å². The van der Waals surface area contributed by atoms with Crippen LogP contribution in [0, 0.1) is 10.1 Å². The SMILES string of the molecule is COc1cc([N+](=O)[O-])ccc1NC(=O)[C@@H](C)N. The van der Waals surface area contributed by atoms with Crippen LogP contribution in [0.1, 0.15) is 6.92 Å². The summed E-state index contributed by atoms with van der Waals surface area (Å²) in [4.78, 5) is 21.4. The number of rotatable bonds is 4. The third-order valence-corrected chi connectivity index (χ3v) is 2.07. The Bertz CT molecular complexity index is 445. The molecule has 0 spiro atoms. The van der Waals surface area contributed by atoms with Crippen LogP contribution in [-0.4, -0.2) is 24.0 Å². The number of nitro benzene ring substituents is 1. The number of hydrogen-bond donors (Lipinski definition) is 2. The number of benzene rings is 1. The number of amides is 1. The van der Waals surface area contributed by atoms with Crippen LogP contribution in [0.5, 0.6) is 5.75 Å². The largest absolute Gasteiger partial charge is 0.494 e. The van der Waals surface area contributed by atoms with Gasteiger partial charge in [-0.05, 0) is 13.0 Å². The fourth-order valence-corrected chi connectivity index (χ4v) is 1.14. The molecule has 92 valence electrons. The van der Waals surface area contributed by atoms with E-state index >= 15 is 0 Å². The molecule has 0 bridgehead atoms. The van der Waals surface area contributed by atoms with Gasteiger partial charge in [-0.1, -0.05) is 0 Å². The Balaban J connectivity index is 3.01. The Labute approximate surface area is 97.7 Å². The van der Waals surface area contributed by atoms with Gasteiger partial charge in [0, 0.05) is 6.07 Å². The molecule has 0 saturated heterocycles. The summed E-state index contributed by atoms with van der Waals surface area (Å²) in [5.74, 6) is -0.176. The molecular weight excluding hydrogens is 226 g/mol. The van der Waals surface area contributed by atoms with Gasteiger partial charge in [-0.2, -0.15) is 0 Å². The van der Waals surface area contributed by atoms with E-state index in [0.717, 1.165) is 0 Å². The van der Waals surface area contributed by atoms with Crippen molar-refractivity contribution in [3.63, 3.8) is 0 Å². The first-order valence-electron chi connectivity index (χ1n) is 4.84. The van der Waals surface area contributed by atoms with E-state index in [2.05, 4.69) is 5.32 Å². The molecule has 1 aromatic rings. The quantitative estimate of drug-likeness (QED) is 0.599.